The molecule has 1 aromatic rings. The summed E-state index contributed by atoms with van der Waals surface area (Å²) in [6.07, 6.45) is -8.09. The summed E-state index contributed by atoms with van der Waals surface area (Å²) in [5.41, 5.74) is -6.81. The molecule has 1 aromatic carbocycles. The van der Waals surface area contributed by atoms with Crippen molar-refractivity contribution in [3.05, 3.63) is 34.9 Å². The minimum Gasteiger partial charge on any atom is -0.478 e. The van der Waals surface area contributed by atoms with E-state index >= 15 is 0 Å². The fraction of sp³-hybridized carbons (Fsp3) is 0.556. The molecule has 1 rings (SSSR count). The third-order valence-electron chi connectivity index (χ3n) is 5.30. The van der Waals surface area contributed by atoms with Crippen LogP contribution in [0.15, 0.2) is 18.2 Å². The van der Waals surface area contributed by atoms with Gasteiger partial charge in [0.2, 0.25) is 0 Å². The van der Waals surface area contributed by atoms with Crippen LogP contribution in [0.2, 0.25) is 0 Å². The summed E-state index contributed by atoms with van der Waals surface area (Å²) < 4.78 is 283. The van der Waals surface area contributed by atoms with Crippen LogP contribution in [0.5, 0.6) is 0 Å². The zero-order valence-electron chi connectivity index (χ0n) is 18.9. The molecule has 2 N–H and O–H groups in total. The zero-order chi connectivity index (χ0) is 35.0. The van der Waals surface area contributed by atoms with E-state index in [4.69, 9.17) is 10.2 Å². The first-order chi connectivity index (χ1) is 18.5. The molecule has 25 heteroatoms. The Bertz CT molecular complexity index is 1230. The second-order valence-electron chi connectivity index (χ2n) is 8.08. The van der Waals surface area contributed by atoms with Crippen LogP contribution in [-0.4, -0.2) is 75.7 Å². The Morgan fingerprint density at radius 1 is 0.395 bits per heavy atom. The number of hydrogen-bond acceptors (Lipinski definition) is 2. The number of carboxylic acids is 2. The molecule has 0 aromatic heterocycles. The van der Waals surface area contributed by atoms with Gasteiger partial charge in [-0.2, -0.15) is 92.2 Å². The van der Waals surface area contributed by atoms with E-state index in [1.165, 1.54) is 0 Å². The van der Waals surface area contributed by atoms with E-state index < -0.39 is 100 Å². The van der Waals surface area contributed by atoms with Gasteiger partial charge in [0.25, 0.3) is 0 Å². The van der Waals surface area contributed by atoms with Gasteiger partial charge in [-0.15, -0.1) is 0 Å². The highest BCUT2D eigenvalue weighted by molar-refractivity contribution is 5.94. The van der Waals surface area contributed by atoms with Gasteiger partial charge in [0.05, 0.1) is 11.1 Å². The van der Waals surface area contributed by atoms with Gasteiger partial charge in [-0.25, -0.2) is 9.59 Å². The third kappa shape index (κ3) is 4.84. The molecule has 0 saturated carbocycles. The maximum Gasteiger partial charge on any atom is 0.460 e. The van der Waals surface area contributed by atoms with Gasteiger partial charge in [-0.05, 0) is 18.2 Å². The van der Waals surface area contributed by atoms with E-state index in [0.717, 1.165) is 0 Å². The Hall–Kier alpha value is -3.31. The van der Waals surface area contributed by atoms with Gasteiger partial charge in [-0.3, -0.25) is 0 Å². The van der Waals surface area contributed by atoms with Crippen molar-refractivity contribution >= 4 is 11.9 Å². The maximum absolute atomic E-state index is 14.4. The summed E-state index contributed by atoms with van der Waals surface area (Å²) in [5, 5.41) is 17.4. The number of benzene rings is 1. The fourth-order valence-corrected chi connectivity index (χ4v) is 2.80. The van der Waals surface area contributed by atoms with Gasteiger partial charge in [0, 0.05) is 5.56 Å². The predicted molar refractivity (Wildman–Crippen MR) is 89.9 cm³/mol. The largest absolute Gasteiger partial charge is 0.478 e. The molecular weight excluding hydrogens is 679 g/mol. The maximum atomic E-state index is 14.4. The van der Waals surface area contributed by atoms with Gasteiger partial charge in [0.1, 0.15) is 0 Å². The molecule has 0 amide bonds. The molecule has 0 radical (unpaired) electrons. The molecule has 0 spiro atoms. The number of rotatable bonds is 11. The number of carbonyl (C=O) groups is 2. The van der Waals surface area contributed by atoms with Crippen LogP contribution in [0.3, 0.4) is 0 Å². The van der Waals surface area contributed by atoms with Crippen molar-refractivity contribution in [2.45, 2.75) is 59.5 Å². The Kier molecular flexibility index (Phi) is 8.64. The summed E-state index contributed by atoms with van der Waals surface area (Å²) in [7, 11) is 0. The number of halogens is 21. The molecule has 0 aliphatic rings. The lowest BCUT2D eigenvalue weighted by atomic mass is 9.85. The number of alkyl halides is 21. The van der Waals surface area contributed by atoms with Gasteiger partial charge in [-0.1, -0.05) is 0 Å². The molecule has 0 saturated heterocycles. The summed E-state index contributed by atoms with van der Waals surface area (Å²) >= 11 is 0. The highest BCUT2D eigenvalue weighted by Crippen LogP contribution is 2.67. The van der Waals surface area contributed by atoms with Crippen molar-refractivity contribution < 1.29 is 112 Å². The van der Waals surface area contributed by atoms with Crippen molar-refractivity contribution in [3.8, 4) is 0 Å². The van der Waals surface area contributed by atoms with Gasteiger partial charge in [0.15, 0.2) is 0 Å². The van der Waals surface area contributed by atoms with Crippen LogP contribution < -0.4 is 0 Å². The summed E-state index contributed by atoms with van der Waals surface area (Å²) in [4.78, 5) is 21.8. The van der Waals surface area contributed by atoms with Crippen LogP contribution in [0.25, 0.3) is 0 Å². The molecular formula is C18H5F21O4. The quantitative estimate of drug-likeness (QED) is 0.233. The second kappa shape index (κ2) is 9.85. The number of hydrogen-bond donors (Lipinski definition) is 2. The van der Waals surface area contributed by atoms with Crippen molar-refractivity contribution in [3.63, 3.8) is 0 Å². The Balaban J connectivity index is 3.96. The SMILES string of the molecule is O=C(O)c1cc(C(=O)O)cc(C(F)(F)C(F)(F)C(F)(F)C(F)(F)C(F)(F)C(F)(F)C(F)(F)C(F)(F)C(F)(F)C(F)(F)F)c1. The van der Waals surface area contributed by atoms with Crippen LogP contribution >= 0.6 is 0 Å². The summed E-state index contributed by atoms with van der Waals surface area (Å²) in [5.74, 6) is -84.4. The molecule has 0 unspecified atom stereocenters. The predicted octanol–water partition coefficient (Wildman–Crippen LogP) is 7.82. The van der Waals surface area contributed by atoms with E-state index in [1.54, 1.807) is 0 Å². The van der Waals surface area contributed by atoms with Gasteiger partial charge < -0.3 is 10.2 Å². The van der Waals surface area contributed by atoms with Crippen LogP contribution in [0.1, 0.15) is 26.3 Å². The minimum atomic E-state index is -9.34. The first-order valence-corrected chi connectivity index (χ1v) is 9.56. The monoisotopic (exact) mass is 684 g/mol. The lowest BCUT2D eigenvalue weighted by molar-refractivity contribution is -0.474. The average molecular weight is 684 g/mol. The van der Waals surface area contributed by atoms with Crippen LogP contribution in [0.4, 0.5) is 92.2 Å². The first kappa shape index (κ1) is 37.7. The van der Waals surface area contributed by atoms with Crippen molar-refractivity contribution in [2.75, 3.05) is 0 Å². The molecule has 43 heavy (non-hydrogen) atoms. The Labute approximate surface area is 219 Å². The fourth-order valence-electron chi connectivity index (χ4n) is 2.80. The molecule has 4 nitrogen and oxygen atoms in total. The van der Waals surface area contributed by atoms with Gasteiger partial charge >= 0.3 is 71.4 Å². The van der Waals surface area contributed by atoms with Crippen molar-refractivity contribution in [2.24, 2.45) is 0 Å². The van der Waals surface area contributed by atoms with Crippen LogP contribution in [-0.2, 0) is 5.92 Å². The Morgan fingerprint density at radius 3 is 0.860 bits per heavy atom. The van der Waals surface area contributed by atoms with Crippen LogP contribution in [0, 0.1) is 0 Å². The highest BCUT2D eigenvalue weighted by atomic mass is 19.4. The van der Waals surface area contributed by atoms with E-state index in [9.17, 15) is 102 Å². The normalized spacial score (nSPS) is 15.5. The smallest absolute Gasteiger partial charge is 0.460 e. The molecule has 0 fully saturated rings. The van der Waals surface area contributed by atoms with Crippen molar-refractivity contribution in [1.82, 2.24) is 0 Å². The van der Waals surface area contributed by atoms with Crippen molar-refractivity contribution in [1.29, 1.82) is 0 Å². The minimum absolute atomic E-state index is 0.178. The van der Waals surface area contributed by atoms with E-state index in [-0.39, 0.29) is 6.07 Å². The number of carboxylic acid groups (broad SMARTS) is 2. The molecule has 0 aliphatic carbocycles. The van der Waals surface area contributed by atoms with E-state index in [0.29, 0.717) is 0 Å². The molecule has 0 atom stereocenters. The first-order valence-electron chi connectivity index (χ1n) is 9.56. The topological polar surface area (TPSA) is 74.6 Å². The number of aromatic carboxylic acids is 2. The molecule has 0 aliphatic heterocycles. The highest BCUT2D eigenvalue weighted by Gasteiger charge is 2.97. The molecule has 0 heterocycles. The van der Waals surface area contributed by atoms with E-state index in [1.807, 2.05) is 0 Å². The van der Waals surface area contributed by atoms with E-state index in [2.05, 4.69) is 0 Å². The molecule has 248 valence electrons. The lowest BCUT2D eigenvalue weighted by Crippen LogP contribution is -2.76. The third-order valence-corrected chi connectivity index (χ3v) is 5.30. The average Bonchev–Trinajstić information content (AvgIpc) is 2.81. The summed E-state index contributed by atoms with van der Waals surface area (Å²) in [6, 6.07) is -1.96. The second-order valence-corrected chi connectivity index (χ2v) is 8.08. The zero-order valence-corrected chi connectivity index (χ0v) is 18.9. The standard InChI is InChI=1S/C18H5F21O4/c19-9(20,6-2-4(7(40)41)1-5(3-6)8(42)43)10(21,22)11(23,24)12(25,26)13(27,28)14(29,30)15(31,32)16(33,34)17(35,36)18(37,38)39/h1-3H,(H,40,41)(H,42,43). The Morgan fingerprint density at radius 2 is 0.628 bits per heavy atom. The molecule has 0 bridgehead atoms. The lowest BCUT2D eigenvalue weighted by Gasteiger charge is -2.44. The summed E-state index contributed by atoms with van der Waals surface area (Å²) in [6.45, 7) is 0.